The van der Waals surface area contributed by atoms with Gasteiger partial charge < -0.3 is 5.32 Å². The lowest BCUT2D eigenvalue weighted by Gasteiger charge is -2.18. The van der Waals surface area contributed by atoms with Crippen molar-refractivity contribution in [2.45, 2.75) is 45.1 Å². The van der Waals surface area contributed by atoms with E-state index < -0.39 is 17.5 Å². The predicted octanol–water partition coefficient (Wildman–Crippen LogP) is 4.89. The van der Waals surface area contributed by atoms with Crippen molar-refractivity contribution in [1.29, 1.82) is 0 Å². The maximum absolute atomic E-state index is 13.3. The minimum absolute atomic E-state index is 0.145. The Morgan fingerprint density at radius 2 is 1.80 bits per heavy atom. The Bertz CT molecular complexity index is 409. The first-order chi connectivity index (χ1) is 9.60. The molecule has 0 saturated carbocycles. The summed E-state index contributed by atoms with van der Waals surface area (Å²) in [4.78, 5) is 0. The van der Waals surface area contributed by atoms with E-state index in [-0.39, 0.29) is 6.04 Å². The molecule has 20 heavy (non-hydrogen) atoms. The average Bonchev–Trinajstić information content (AvgIpc) is 2.43. The van der Waals surface area contributed by atoms with Crippen molar-refractivity contribution < 1.29 is 13.2 Å². The second-order valence-electron chi connectivity index (χ2n) is 4.84. The van der Waals surface area contributed by atoms with Crippen LogP contribution in [-0.2, 0) is 0 Å². The highest BCUT2D eigenvalue weighted by Crippen LogP contribution is 2.23. The van der Waals surface area contributed by atoms with Gasteiger partial charge in [-0.25, -0.2) is 13.2 Å². The van der Waals surface area contributed by atoms with E-state index in [1.165, 1.54) is 0 Å². The summed E-state index contributed by atoms with van der Waals surface area (Å²) in [6, 6.07) is 2.01. The van der Waals surface area contributed by atoms with E-state index in [9.17, 15) is 13.2 Å². The molecule has 0 aliphatic heterocycles. The summed E-state index contributed by atoms with van der Waals surface area (Å²) in [5.74, 6) is -3.67. The molecule has 0 radical (unpaired) electrons. The Balaban J connectivity index is 2.67. The molecule has 0 amide bonds. The summed E-state index contributed by atoms with van der Waals surface area (Å²) in [5.41, 5.74) is 0.465. The first kappa shape index (κ1) is 16.8. The minimum Gasteiger partial charge on any atom is -0.310 e. The topological polar surface area (TPSA) is 12.0 Å². The molecule has 4 heteroatoms. The Morgan fingerprint density at radius 1 is 1.15 bits per heavy atom. The molecule has 1 atom stereocenters. The lowest BCUT2D eigenvalue weighted by atomic mass is 9.99. The smallest absolute Gasteiger partial charge is 0.194 e. The highest BCUT2D eigenvalue weighted by molar-refractivity contribution is 5.22. The summed E-state index contributed by atoms with van der Waals surface area (Å²) in [5, 5.41) is 3.19. The molecular formula is C16H22F3N. The van der Waals surface area contributed by atoms with Crippen LogP contribution in [0.3, 0.4) is 0 Å². The fourth-order valence-electron chi connectivity index (χ4n) is 2.22. The molecule has 1 unspecified atom stereocenters. The highest BCUT2D eigenvalue weighted by atomic mass is 19.2. The molecule has 1 N–H and O–H groups in total. The number of halogens is 3. The van der Waals surface area contributed by atoms with Crippen LogP contribution in [0.15, 0.2) is 24.8 Å². The maximum Gasteiger partial charge on any atom is 0.194 e. The van der Waals surface area contributed by atoms with Gasteiger partial charge >= 0.3 is 0 Å². The standard InChI is InChI=1S/C16H22F3N/c1-3-5-6-7-8-9-15(20-4-2)12-10-13(17)16(19)14(18)11-12/h3,10-11,15,20H,1,4-9H2,2H3. The molecule has 1 aromatic rings. The molecule has 0 aromatic heterocycles. The molecule has 0 aliphatic carbocycles. The van der Waals surface area contributed by atoms with E-state index in [1.807, 2.05) is 13.0 Å². The molecule has 0 fully saturated rings. The van der Waals surface area contributed by atoms with Gasteiger partial charge in [-0.15, -0.1) is 6.58 Å². The van der Waals surface area contributed by atoms with Crippen LogP contribution < -0.4 is 5.32 Å². The molecule has 0 heterocycles. The third-order valence-corrected chi connectivity index (χ3v) is 3.26. The van der Waals surface area contributed by atoms with Crippen LogP contribution in [0.2, 0.25) is 0 Å². The fraction of sp³-hybridized carbons (Fsp3) is 0.500. The molecule has 0 aliphatic rings. The SMILES string of the molecule is C=CCCCCCC(NCC)c1cc(F)c(F)c(F)c1. The van der Waals surface area contributed by atoms with Crippen LogP contribution in [0.5, 0.6) is 0 Å². The van der Waals surface area contributed by atoms with Crippen molar-refractivity contribution in [3.8, 4) is 0 Å². The third kappa shape index (κ3) is 5.00. The summed E-state index contributed by atoms with van der Waals surface area (Å²) in [7, 11) is 0. The molecular weight excluding hydrogens is 263 g/mol. The maximum atomic E-state index is 13.3. The Morgan fingerprint density at radius 3 is 2.35 bits per heavy atom. The Hall–Kier alpha value is -1.29. The summed E-state index contributed by atoms with van der Waals surface area (Å²) < 4.78 is 39.5. The van der Waals surface area contributed by atoms with Crippen LogP contribution in [0.4, 0.5) is 13.2 Å². The van der Waals surface area contributed by atoms with Crippen molar-refractivity contribution in [1.82, 2.24) is 5.32 Å². The third-order valence-electron chi connectivity index (χ3n) is 3.26. The van der Waals surface area contributed by atoms with E-state index in [1.54, 1.807) is 0 Å². The number of allylic oxidation sites excluding steroid dienone is 1. The highest BCUT2D eigenvalue weighted by Gasteiger charge is 2.16. The van der Waals surface area contributed by atoms with E-state index >= 15 is 0 Å². The Kier molecular flexibility index (Phi) is 7.37. The number of unbranched alkanes of at least 4 members (excludes halogenated alkanes) is 3. The number of hydrogen-bond acceptors (Lipinski definition) is 1. The van der Waals surface area contributed by atoms with Crippen LogP contribution in [0, 0.1) is 17.5 Å². The van der Waals surface area contributed by atoms with E-state index in [4.69, 9.17) is 0 Å². The summed E-state index contributed by atoms with van der Waals surface area (Å²) in [6.07, 6.45) is 6.69. The van der Waals surface area contributed by atoms with Gasteiger partial charge in [0.05, 0.1) is 0 Å². The van der Waals surface area contributed by atoms with Gasteiger partial charge in [0.2, 0.25) is 0 Å². The lowest BCUT2D eigenvalue weighted by molar-refractivity contribution is 0.433. The predicted molar refractivity (Wildman–Crippen MR) is 76.0 cm³/mol. The fourth-order valence-corrected chi connectivity index (χ4v) is 2.22. The first-order valence-electron chi connectivity index (χ1n) is 7.08. The quantitative estimate of drug-likeness (QED) is 0.387. The molecule has 0 spiro atoms. The van der Waals surface area contributed by atoms with E-state index in [0.717, 1.165) is 44.2 Å². The lowest BCUT2D eigenvalue weighted by Crippen LogP contribution is -2.21. The summed E-state index contributed by atoms with van der Waals surface area (Å²) >= 11 is 0. The van der Waals surface area contributed by atoms with Crippen LogP contribution in [0.1, 0.15) is 50.6 Å². The van der Waals surface area contributed by atoms with E-state index in [0.29, 0.717) is 12.1 Å². The number of hydrogen-bond donors (Lipinski definition) is 1. The van der Waals surface area contributed by atoms with Crippen molar-refractivity contribution in [3.63, 3.8) is 0 Å². The molecule has 1 rings (SSSR count). The molecule has 0 saturated heterocycles. The number of rotatable bonds is 9. The minimum atomic E-state index is -1.41. The second kappa shape index (κ2) is 8.80. The first-order valence-corrected chi connectivity index (χ1v) is 7.08. The van der Waals surface area contributed by atoms with Crippen LogP contribution in [0.25, 0.3) is 0 Å². The molecule has 1 aromatic carbocycles. The van der Waals surface area contributed by atoms with Gasteiger partial charge in [-0.05, 0) is 43.5 Å². The zero-order valence-corrected chi connectivity index (χ0v) is 11.9. The monoisotopic (exact) mass is 285 g/mol. The van der Waals surface area contributed by atoms with Gasteiger partial charge in [-0.2, -0.15) is 0 Å². The average molecular weight is 285 g/mol. The van der Waals surface area contributed by atoms with Crippen molar-refractivity contribution >= 4 is 0 Å². The van der Waals surface area contributed by atoms with Gasteiger partial charge in [-0.3, -0.25) is 0 Å². The molecule has 112 valence electrons. The Labute approximate surface area is 118 Å². The molecule has 1 nitrogen and oxygen atoms in total. The number of nitrogens with one attached hydrogen (secondary N) is 1. The van der Waals surface area contributed by atoms with Gasteiger partial charge in [0, 0.05) is 6.04 Å². The normalized spacial score (nSPS) is 12.4. The van der Waals surface area contributed by atoms with Crippen LogP contribution in [-0.4, -0.2) is 6.54 Å². The molecule has 0 bridgehead atoms. The van der Waals surface area contributed by atoms with Gasteiger partial charge in [0.15, 0.2) is 17.5 Å². The largest absolute Gasteiger partial charge is 0.310 e. The van der Waals surface area contributed by atoms with Gasteiger partial charge in [0.25, 0.3) is 0 Å². The number of benzene rings is 1. The van der Waals surface area contributed by atoms with Crippen molar-refractivity contribution in [3.05, 3.63) is 47.8 Å². The summed E-state index contributed by atoms with van der Waals surface area (Å²) in [6.45, 7) is 6.29. The van der Waals surface area contributed by atoms with E-state index in [2.05, 4.69) is 11.9 Å². The zero-order chi connectivity index (χ0) is 15.0. The van der Waals surface area contributed by atoms with Crippen molar-refractivity contribution in [2.75, 3.05) is 6.54 Å². The van der Waals surface area contributed by atoms with Gasteiger partial charge in [0.1, 0.15) is 0 Å². The zero-order valence-electron chi connectivity index (χ0n) is 11.9. The second-order valence-corrected chi connectivity index (χ2v) is 4.84. The van der Waals surface area contributed by atoms with Crippen LogP contribution >= 0.6 is 0 Å². The van der Waals surface area contributed by atoms with Gasteiger partial charge in [-0.1, -0.05) is 25.8 Å². The van der Waals surface area contributed by atoms with Crippen molar-refractivity contribution in [2.24, 2.45) is 0 Å².